The van der Waals surface area contributed by atoms with Crippen molar-refractivity contribution in [1.29, 1.82) is 0 Å². The first-order valence-electron chi connectivity index (χ1n) is 10.3. The summed E-state index contributed by atoms with van der Waals surface area (Å²) < 4.78 is 6.09. The zero-order valence-electron chi connectivity index (χ0n) is 19.4. The van der Waals surface area contributed by atoms with Crippen molar-refractivity contribution in [1.82, 2.24) is 15.5 Å². The van der Waals surface area contributed by atoms with Gasteiger partial charge in [-0.1, -0.05) is 31.2 Å². The molecule has 1 atom stereocenters. The van der Waals surface area contributed by atoms with Crippen LogP contribution < -0.4 is 15.4 Å². The monoisotopic (exact) mass is 538 g/mol. The second-order valence-electron chi connectivity index (χ2n) is 7.62. The van der Waals surface area contributed by atoms with Gasteiger partial charge in [0.25, 0.3) is 5.91 Å². The predicted molar refractivity (Wildman–Crippen MR) is 138 cm³/mol. The Morgan fingerprint density at radius 3 is 2.32 bits per heavy atom. The van der Waals surface area contributed by atoms with E-state index in [1.165, 1.54) is 5.56 Å². The van der Waals surface area contributed by atoms with Crippen LogP contribution in [0, 0.1) is 6.92 Å². The van der Waals surface area contributed by atoms with Gasteiger partial charge < -0.3 is 20.3 Å². The number of aliphatic imine (C=N–C) groups is 1. The van der Waals surface area contributed by atoms with E-state index in [0.717, 1.165) is 23.3 Å². The van der Waals surface area contributed by atoms with Crippen LogP contribution in [-0.4, -0.2) is 44.0 Å². The fourth-order valence-electron chi connectivity index (χ4n) is 2.83. The van der Waals surface area contributed by atoms with Crippen molar-refractivity contribution in [3.63, 3.8) is 0 Å². The van der Waals surface area contributed by atoms with E-state index < -0.39 is 0 Å². The van der Waals surface area contributed by atoms with Crippen LogP contribution in [0.25, 0.3) is 0 Å². The average molecular weight is 538 g/mol. The highest BCUT2D eigenvalue weighted by atomic mass is 127. The summed E-state index contributed by atoms with van der Waals surface area (Å²) in [6.45, 7) is 7.49. The van der Waals surface area contributed by atoms with E-state index in [9.17, 15) is 4.79 Å². The molecule has 0 spiro atoms. The Labute approximate surface area is 203 Å². The standard InChI is InChI=1S/C24H34N4O2.HI/c1-7-18(3)30-22-14-17(2)8-11-21(22)16-27-24(25-4)26-15-19-9-12-20(13-10-19)23(29)28(5)6;/h8-14,18H,7,15-16H2,1-6H3,(H2,25,26,27);1H. The maximum Gasteiger partial charge on any atom is 0.253 e. The molecule has 0 aliphatic heterocycles. The molecule has 0 fully saturated rings. The maximum atomic E-state index is 12.0. The lowest BCUT2D eigenvalue weighted by molar-refractivity contribution is 0.0827. The minimum absolute atomic E-state index is 0. The van der Waals surface area contributed by atoms with Crippen molar-refractivity contribution >= 4 is 35.8 Å². The highest BCUT2D eigenvalue weighted by molar-refractivity contribution is 14.0. The minimum Gasteiger partial charge on any atom is -0.490 e. The van der Waals surface area contributed by atoms with Gasteiger partial charge in [0, 0.05) is 45.4 Å². The van der Waals surface area contributed by atoms with E-state index in [-0.39, 0.29) is 36.0 Å². The van der Waals surface area contributed by atoms with Crippen molar-refractivity contribution in [2.75, 3.05) is 21.1 Å². The number of ether oxygens (including phenoxy) is 1. The van der Waals surface area contributed by atoms with Gasteiger partial charge in [-0.3, -0.25) is 9.79 Å². The highest BCUT2D eigenvalue weighted by Gasteiger charge is 2.10. The summed E-state index contributed by atoms with van der Waals surface area (Å²) in [6, 6.07) is 13.9. The third-order valence-electron chi connectivity index (χ3n) is 4.86. The summed E-state index contributed by atoms with van der Waals surface area (Å²) >= 11 is 0. The molecular weight excluding hydrogens is 503 g/mol. The van der Waals surface area contributed by atoms with Crippen molar-refractivity contribution < 1.29 is 9.53 Å². The van der Waals surface area contributed by atoms with Crippen molar-refractivity contribution in [2.45, 2.75) is 46.4 Å². The van der Waals surface area contributed by atoms with Crippen LogP contribution in [0.1, 0.15) is 47.3 Å². The number of guanidine groups is 1. The van der Waals surface area contributed by atoms with E-state index in [1.54, 1.807) is 26.0 Å². The molecule has 170 valence electrons. The van der Waals surface area contributed by atoms with Gasteiger partial charge in [0.05, 0.1) is 6.10 Å². The lowest BCUT2D eigenvalue weighted by atomic mass is 10.1. The Kier molecular flexibility index (Phi) is 11.4. The first-order chi connectivity index (χ1) is 14.3. The molecule has 2 rings (SSSR count). The molecule has 2 aromatic rings. The van der Waals surface area contributed by atoms with Gasteiger partial charge in [0.2, 0.25) is 0 Å². The summed E-state index contributed by atoms with van der Waals surface area (Å²) in [5.41, 5.74) is 4.02. The van der Waals surface area contributed by atoms with Crippen LogP contribution in [0.5, 0.6) is 5.75 Å². The van der Waals surface area contributed by atoms with Crippen LogP contribution in [0.15, 0.2) is 47.5 Å². The fourth-order valence-corrected chi connectivity index (χ4v) is 2.83. The summed E-state index contributed by atoms with van der Waals surface area (Å²) in [5, 5.41) is 6.66. The Morgan fingerprint density at radius 2 is 1.74 bits per heavy atom. The highest BCUT2D eigenvalue weighted by Crippen LogP contribution is 2.22. The Balaban J connectivity index is 0.00000480. The van der Waals surface area contributed by atoms with Crippen molar-refractivity contribution in [3.05, 3.63) is 64.7 Å². The van der Waals surface area contributed by atoms with Gasteiger partial charge in [-0.2, -0.15) is 0 Å². The van der Waals surface area contributed by atoms with Crippen LogP contribution in [0.2, 0.25) is 0 Å². The van der Waals surface area contributed by atoms with Crippen LogP contribution in [0.4, 0.5) is 0 Å². The van der Waals surface area contributed by atoms with Gasteiger partial charge in [-0.05, 0) is 49.6 Å². The molecule has 0 aliphatic carbocycles. The van der Waals surface area contributed by atoms with E-state index in [0.29, 0.717) is 24.6 Å². The normalized spacial score (nSPS) is 11.9. The number of aryl methyl sites for hydroxylation is 1. The molecule has 31 heavy (non-hydrogen) atoms. The summed E-state index contributed by atoms with van der Waals surface area (Å²) in [6.07, 6.45) is 1.13. The van der Waals surface area contributed by atoms with Gasteiger partial charge in [0.15, 0.2) is 5.96 Å². The molecule has 2 N–H and O–H groups in total. The SMILES string of the molecule is CCC(C)Oc1cc(C)ccc1CNC(=NC)NCc1ccc(C(=O)N(C)C)cc1.I. The molecule has 0 heterocycles. The smallest absolute Gasteiger partial charge is 0.253 e. The molecule has 0 aliphatic rings. The number of rotatable bonds is 8. The lowest BCUT2D eigenvalue weighted by Crippen LogP contribution is -2.36. The molecule has 1 amide bonds. The largest absolute Gasteiger partial charge is 0.490 e. The number of amides is 1. The van der Waals surface area contributed by atoms with Gasteiger partial charge in [-0.25, -0.2) is 0 Å². The number of carbonyl (C=O) groups is 1. The molecule has 0 bridgehead atoms. The van der Waals surface area contributed by atoms with E-state index in [1.807, 2.05) is 24.3 Å². The first kappa shape index (κ1) is 26.7. The second kappa shape index (κ2) is 13.2. The molecule has 1 unspecified atom stereocenters. The topological polar surface area (TPSA) is 66.0 Å². The van der Waals surface area contributed by atoms with E-state index >= 15 is 0 Å². The molecule has 0 saturated carbocycles. The number of halogens is 1. The number of nitrogens with zero attached hydrogens (tertiary/aromatic N) is 2. The molecule has 0 saturated heterocycles. The lowest BCUT2D eigenvalue weighted by Gasteiger charge is -2.18. The Morgan fingerprint density at radius 1 is 1.10 bits per heavy atom. The van der Waals surface area contributed by atoms with Crippen LogP contribution >= 0.6 is 24.0 Å². The quantitative estimate of drug-likeness (QED) is 0.298. The van der Waals surface area contributed by atoms with Gasteiger partial charge in [-0.15, -0.1) is 24.0 Å². The molecule has 0 aromatic heterocycles. The zero-order chi connectivity index (χ0) is 22.1. The Hall–Kier alpha value is -2.29. The van der Waals surface area contributed by atoms with Crippen LogP contribution in [0.3, 0.4) is 0 Å². The van der Waals surface area contributed by atoms with Gasteiger partial charge in [0.1, 0.15) is 5.75 Å². The fraction of sp³-hybridized carbons (Fsp3) is 0.417. The summed E-state index contributed by atoms with van der Waals surface area (Å²) in [4.78, 5) is 17.9. The maximum absolute atomic E-state index is 12.0. The van der Waals surface area contributed by atoms with E-state index in [2.05, 4.69) is 54.6 Å². The van der Waals surface area contributed by atoms with Crippen molar-refractivity contribution in [2.24, 2.45) is 4.99 Å². The molecule has 7 heteroatoms. The molecular formula is C24H35IN4O2. The molecule has 0 radical (unpaired) electrons. The third-order valence-corrected chi connectivity index (χ3v) is 4.86. The number of benzene rings is 2. The summed E-state index contributed by atoms with van der Waals surface area (Å²) in [5.74, 6) is 1.62. The second-order valence-corrected chi connectivity index (χ2v) is 7.62. The number of hydrogen-bond acceptors (Lipinski definition) is 3. The van der Waals surface area contributed by atoms with E-state index in [4.69, 9.17) is 4.74 Å². The summed E-state index contributed by atoms with van der Waals surface area (Å²) in [7, 11) is 5.25. The third kappa shape index (κ3) is 8.40. The average Bonchev–Trinajstić information content (AvgIpc) is 2.74. The number of carbonyl (C=O) groups excluding carboxylic acids is 1. The minimum atomic E-state index is 0. The molecule has 2 aromatic carbocycles. The number of nitrogens with one attached hydrogen (secondary N) is 2. The Bertz CT molecular complexity index is 866. The zero-order valence-corrected chi connectivity index (χ0v) is 21.7. The van der Waals surface area contributed by atoms with Crippen LogP contribution in [-0.2, 0) is 13.1 Å². The predicted octanol–water partition coefficient (Wildman–Crippen LogP) is 4.36. The van der Waals surface area contributed by atoms with Crippen molar-refractivity contribution in [3.8, 4) is 5.75 Å². The van der Waals surface area contributed by atoms with Gasteiger partial charge >= 0.3 is 0 Å². The number of hydrogen-bond donors (Lipinski definition) is 2. The molecule has 6 nitrogen and oxygen atoms in total. The first-order valence-corrected chi connectivity index (χ1v) is 10.3.